The molecule has 0 aliphatic rings. The van der Waals surface area contributed by atoms with Gasteiger partial charge in [-0.2, -0.15) is 4.98 Å². The Hall–Kier alpha value is -2.24. The maximum atomic E-state index is 13.4. The molecule has 112 valence electrons. The quantitative estimate of drug-likeness (QED) is 0.792. The van der Waals surface area contributed by atoms with Gasteiger partial charge in [0.2, 0.25) is 5.89 Å². The number of hydrogen-bond donors (Lipinski definition) is 0. The van der Waals surface area contributed by atoms with E-state index in [9.17, 15) is 9.18 Å². The fourth-order valence-corrected chi connectivity index (χ4v) is 1.89. The lowest BCUT2D eigenvalue weighted by molar-refractivity contribution is -0.144. The molecule has 0 spiro atoms. The first-order chi connectivity index (χ1) is 10.0. The number of rotatable bonds is 5. The van der Waals surface area contributed by atoms with Gasteiger partial charge in [-0.3, -0.25) is 4.79 Å². The van der Waals surface area contributed by atoms with E-state index in [-0.39, 0.29) is 18.4 Å². The van der Waals surface area contributed by atoms with Crippen molar-refractivity contribution in [2.45, 2.75) is 32.6 Å². The molecule has 0 amide bonds. The van der Waals surface area contributed by atoms with E-state index in [0.29, 0.717) is 11.4 Å². The molecule has 1 aromatic carbocycles. The number of nitrogens with zero attached hydrogens (tertiary/aromatic N) is 2. The molecule has 0 fully saturated rings. The Morgan fingerprint density at radius 1 is 1.43 bits per heavy atom. The first-order valence-electron chi connectivity index (χ1n) is 6.78. The monoisotopic (exact) mass is 292 g/mol. The molecule has 2 rings (SSSR count). The molecule has 0 N–H and O–H groups in total. The second-order valence-electron chi connectivity index (χ2n) is 4.89. The van der Waals surface area contributed by atoms with Gasteiger partial charge in [0.25, 0.3) is 0 Å². The van der Waals surface area contributed by atoms with Crippen LogP contribution in [0.2, 0.25) is 0 Å². The van der Waals surface area contributed by atoms with Gasteiger partial charge in [0.05, 0.1) is 6.61 Å². The molecule has 0 radical (unpaired) electrons. The highest BCUT2D eigenvalue weighted by Crippen LogP contribution is 2.26. The summed E-state index contributed by atoms with van der Waals surface area (Å²) in [4.78, 5) is 16.4. The maximum absolute atomic E-state index is 13.4. The highest BCUT2D eigenvalue weighted by molar-refractivity contribution is 5.80. The number of aromatic nitrogens is 2. The van der Waals surface area contributed by atoms with Crippen LogP contribution in [0.25, 0.3) is 0 Å². The summed E-state index contributed by atoms with van der Waals surface area (Å²) in [6.45, 7) is 5.75. The Balaban J connectivity index is 2.42. The van der Waals surface area contributed by atoms with Crippen LogP contribution in [0.1, 0.15) is 49.9 Å². The van der Waals surface area contributed by atoms with Crippen LogP contribution >= 0.6 is 0 Å². The molecule has 1 unspecified atom stereocenters. The van der Waals surface area contributed by atoms with E-state index in [1.807, 2.05) is 13.8 Å². The normalized spacial score (nSPS) is 12.4. The molecule has 0 saturated carbocycles. The lowest BCUT2D eigenvalue weighted by Crippen LogP contribution is -2.18. The van der Waals surface area contributed by atoms with Crippen LogP contribution < -0.4 is 0 Å². The van der Waals surface area contributed by atoms with Crippen LogP contribution in [0.3, 0.4) is 0 Å². The number of carbonyl (C=O) groups is 1. The van der Waals surface area contributed by atoms with E-state index in [0.717, 1.165) is 0 Å². The lowest BCUT2D eigenvalue weighted by Gasteiger charge is -2.12. The third-order valence-corrected chi connectivity index (χ3v) is 2.93. The maximum Gasteiger partial charge on any atom is 0.323 e. The third-order valence-electron chi connectivity index (χ3n) is 2.93. The zero-order valence-electron chi connectivity index (χ0n) is 12.2. The number of carbonyl (C=O) groups excluding carboxylic acids is 1. The van der Waals surface area contributed by atoms with Crippen LogP contribution in [0.4, 0.5) is 4.39 Å². The molecule has 21 heavy (non-hydrogen) atoms. The standard InChI is InChI=1S/C15H17FN2O3/c1-4-20-15(19)12(10-6-5-7-11(16)8-10)14-17-13(9(2)3)18-21-14/h5-9,12H,4H2,1-3H3. The number of benzene rings is 1. The molecule has 0 saturated heterocycles. The average molecular weight is 292 g/mol. The minimum Gasteiger partial charge on any atom is -0.465 e. The summed E-state index contributed by atoms with van der Waals surface area (Å²) >= 11 is 0. The fourth-order valence-electron chi connectivity index (χ4n) is 1.89. The SMILES string of the molecule is CCOC(=O)C(c1cccc(F)c1)c1nc(C(C)C)no1. The van der Waals surface area contributed by atoms with Crippen molar-refractivity contribution < 1.29 is 18.4 Å². The van der Waals surface area contributed by atoms with Gasteiger partial charge in [0.15, 0.2) is 11.7 Å². The zero-order chi connectivity index (χ0) is 15.4. The van der Waals surface area contributed by atoms with Gasteiger partial charge in [-0.1, -0.05) is 31.1 Å². The third kappa shape index (κ3) is 3.45. The second-order valence-corrected chi connectivity index (χ2v) is 4.89. The molecule has 1 atom stereocenters. The van der Waals surface area contributed by atoms with E-state index in [1.54, 1.807) is 13.0 Å². The molecule has 1 aromatic heterocycles. The second kappa shape index (κ2) is 6.47. The Kier molecular flexibility index (Phi) is 4.67. The van der Waals surface area contributed by atoms with Gasteiger partial charge in [-0.05, 0) is 24.6 Å². The predicted octanol–water partition coefficient (Wildman–Crippen LogP) is 3.03. The first-order valence-corrected chi connectivity index (χ1v) is 6.78. The van der Waals surface area contributed by atoms with E-state index >= 15 is 0 Å². The largest absolute Gasteiger partial charge is 0.465 e. The van der Waals surface area contributed by atoms with Crippen molar-refractivity contribution in [3.8, 4) is 0 Å². The summed E-state index contributed by atoms with van der Waals surface area (Å²) in [5.41, 5.74) is 0.424. The van der Waals surface area contributed by atoms with Crippen LogP contribution in [0.15, 0.2) is 28.8 Å². The minimum atomic E-state index is -0.916. The summed E-state index contributed by atoms with van der Waals surface area (Å²) < 4.78 is 23.6. The van der Waals surface area contributed by atoms with Crippen LogP contribution in [-0.2, 0) is 9.53 Å². The van der Waals surface area contributed by atoms with E-state index in [1.165, 1.54) is 18.2 Å². The van der Waals surface area contributed by atoms with E-state index in [2.05, 4.69) is 10.1 Å². The van der Waals surface area contributed by atoms with Crippen molar-refractivity contribution >= 4 is 5.97 Å². The van der Waals surface area contributed by atoms with Crippen LogP contribution in [0.5, 0.6) is 0 Å². The fraction of sp³-hybridized carbons (Fsp3) is 0.400. The topological polar surface area (TPSA) is 65.2 Å². The summed E-state index contributed by atoms with van der Waals surface area (Å²) in [5, 5.41) is 3.84. The van der Waals surface area contributed by atoms with Crippen molar-refractivity contribution in [1.82, 2.24) is 10.1 Å². The summed E-state index contributed by atoms with van der Waals surface area (Å²) in [6.07, 6.45) is 0. The highest BCUT2D eigenvalue weighted by atomic mass is 19.1. The molecule has 2 aromatic rings. The first kappa shape index (κ1) is 15.2. The molecule has 6 heteroatoms. The molecule has 0 aliphatic carbocycles. The van der Waals surface area contributed by atoms with Gasteiger partial charge in [-0.25, -0.2) is 4.39 Å². The number of hydrogen-bond acceptors (Lipinski definition) is 5. The van der Waals surface area contributed by atoms with Crippen LogP contribution in [-0.4, -0.2) is 22.7 Å². The molecule has 5 nitrogen and oxygen atoms in total. The average Bonchev–Trinajstić information content (AvgIpc) is 2.89. The van der Waals surface area contributed by atoms with Crippen molar-refractivity contribution in [2.75, 3.05) is 6.61 Å². The van der Waals surface area contributed by atoms with Crippen molar-refractivity contribution in [3.63, 3.8) is 0 Å². The molecule has 1 heterocycles. The van der Waals surface area contributed by atoms with E-state index in [4.69, 9.17) is 9.26 Å². The lowest BCUT2D eigenvalue weighted by atomic mass is 9.99. The van der Waals surface area contributed by atoms with Crippen molar-refractivity contribution in [3.05, 3.63) is 47.4 Å². The highest BCUT2D eigenvalue weighted by Gasteiger charge is 2.30. The smallest absolute Gasteiger partial charge is 0.323 e. The van der Waals surface area contributed by atoms with Crippen molar-refractivity contribution in [2.24, 2.45) is 0 Å². The Bertz CT molecular complexity index is 625. The number of halogens is 1. The number of ether oxygens (including phenoxy) is 1. The summed E-state index contributed by atoms with van der Waals surface area (Å²) in [7, 11) is 0. The molecular weight excluding hydrogens is 275 g/mol. The van der Waals surface area contributed by atoms with Gasteiger partial charge < -0.3 is 9.26 Å². The number of esters is 1. The zero-order valence-corrected chi connectivity index (χ0v) is 12.2. The molecule has 0 bridgehead atoms. The minimum absolute atomic E-state index is 0.0675. The van der Waals surface area contributed by atoms with Crippen LogP contribution in [0, 0.1) is 5.82 Å². The molecule has 0 aliphatic heterocycles. The van der Waals surface area contributed by atoms with Gasteiger partial charge >= 0.3 is 5.97 Å². The molecular formula is C15H17FN2O3. The summed E-state index contributed by atoms with van der Waals surface area (Å²) in [6, 6.07) is 5.72. The van der Waals surface area contributed by atoms with Gasteiger partial charge in [0, 0.05) is 5.92 Å². The van der Waals surface area contributed by atoms with E-state index < -0.39 is 17.7 Å². The Morgan fingerprint density at radius 3 is 2.76 bits per heavy atom. The van der Waals surface area contributed by atoms with Gasteiger partial charge in [-0.15, -0.1) is 0 Å². The predicted molar refractivity (Wildman–Crippen MR) is 73.3 cm³/mol. The Morgan fingerprint density at radius 2 is 2.19 bits per heavy atom. The van der Waals surface area contributed by atoms with Crippen molar-refractivity contribution in [1.29, 1.82) is 0 Å². The Labute approximate surface area is 122 Å². The van der Waals surface area contributed by atoms with Gasteiger partial charge in [0.1, 0.15) is 5.82 Å². The summed E-state index contributed by atoms with van der Waals surface area (Å²) in [5.74, 6) is -1.22.